The summed E-state index contributed by atoms with van der Waals surface area (Å²) in [5, 5.41) is 6.15. The number of halogens is 1. The number of aryl methyl sites for hydroxylation is 1. The standard InChI is InChI=1S/C21H22ClN3O3/c1-3-23-20(27)14-8-7-13(2)18(9-14)24-21(28)15-10-19(26)25(12-15)17-6-4-5-16(22)11-17/h4-9,11,15H,3,10,12H2,1-2H3,(H,23,27)(H,24,28). The SMILES string of the molecule is CCNC(=O)c1ccc(C)c(NC(=O)C2CC(=O)N(c3cccc(Cl)c3)C2)c1. The summed E-state index contributed by atoms with van der Waals surface area (Å²) in [5.74, 6) is -1.02. The van der Waals surface area contributed by atoms with Crippen LogP contribution in [0.4, 0.5) is 11.4 Å². The molecule has 0 radical (unpaired) electrons. The summed E-state index contributed by atoms with van der Waals surface area (Å²) in [6, 6.07) is 12.2. The normalized spacial score (nSPS) is 16.2. The van der Waals surface area contributed by atoms with Crippen molar-refractivity contribution in [3.63, 3.8) is 0 Å². The second-order valence-electron chi connectivity index (χ2n) is 6.76. The van der Waals surface area contributed by atoms with Crippen molar-refractivity contribution in [1.82, 2.24) is 5.32 Å². The van der Waals surface area contributed by atoms with Gasteiger partial charge in [-0.1, -0.05) is 23.7 Å². The molecular weight excluding hydrogens is 378 g/mol. The molecule has 0 bridgehead atoms. The molecule has 1 heterocycles. The third kappa shape index (κ3) is 4.34. The number of carbonyl (C=O) groups excluding carboxylic acids is 3. The highest BCUT2D eigenvalue weighted by molar-refractivity contribution is 6.31. The molecule has 1 aliphatic heterocycles. The van der Waals surface area contributed by atoms with Gasteiger partial charge < -0.3 is 15.5 Å². The number of hydrogen-bond donors (Lipinski definition) is 2. The smallest absolute Gasteiger partial charge is 0.251 e. The lowest BCUT2D eigenvalue weighted by atomic mass is 10.1. The minimum Gasteiger partial charge on any atom is -0.352 e. The van der Waals surface area contributed by atoms with E-state index in [-0.39, 0.29) is 24.1 Å². The maximum absolute atomic E-state index is 12.7. The van der Waals surface area contributed by atoms with Crippen LogP contribution in [0, 0.1) is 12.8 Å². The van der Waals surface area contributed by atoms with E-state index in [1.54, 1.807) is 47.4 Å². The summed E-state index contributed by atoms with van der Waals surface area (Å²) < 4.78 is 0. The largest absolute Gasteiger partial charge is 0.352 e. The fourth-order valence-corrected chi connectivity index (χ4v) is 3.36. The highest BCUT2D eigenvalue weighted by Gasteiger charge is 2.35. The van der Waals surface area contributed by atoms with Gasteiger partial charge in [0, 0.05) is 41.5 Å². The minimum atomic E-state index is -0.473. The Balaban J connectivity index is 1.72. The quantitative estimate of drug-likeness (QED) is 0.808. The Morgan fingerprint density at radius 3 is 2.71 bits per heavy atom. The number of amides is 3. The number of anilines is 2. The van der Waals surface area contributed by atoms with Crippen molar-refractivity contribution in [3.8, 4) is 0 Å². The molecular formula is C21H22ClN3O3. The number of hydrogen-bond acceptors (Lipinski definition) is 3. The van der Waals surface area contributed by atoms with Crippen molar-refractivity contribution < 1.29 is 14.4 Å². The van der Waals surface area contributed by atoms with Gasteiger partial charge in [-0.15, -0.1) is 0 Å². The Morgan fingerprint density at radius 2 is 2.00 bits per heavy atom. The van der Waals surface area contributed by atoms with Gasteiger partial charge in [-0.05, 0) is 49.7 Å². The first-order valence-corrected chi connectivity index (χ1v) is 9.52. The first kappa shape index (κ1) is 19.9. The van der Waals surface area contributed by atoms with Gasteiger partial charge in [0.1, 0.15) is 0 Å². The van der Waals surface area contributed by atoms with Crippen LogP contribution in [0.25, 0.3) is 0 Å². The van der Waals surface area contributed by atoms with Gasteiger partial charge in [-0.3, -0.25) is 14.4 Å². The van der Waals surface area contributed by atoms with E-state index in [1.807, 2.05) is 13.8 Å². The van der Waals surface area contributed by atoms with E-state index in [4.69, 9.17) is 11.6 Å². The Morgan fingerprint density at radius 1 is 1.21 bits per heavy atom. The van der Waals surface area contributed by atoms with Crippen molar-refractivity contribution in [2.24, 2.45) is 5.92 Å². The van der Waals surface area contributed by atoms with Crippen LogP contribution in [-0.4, -0.2) is 30.8 Å². The van der Waals surface area contributed by atoms with Gasteiger partial charge in [-0.2, -0.15) is 0 Å². The summed E-state index contributed by atoms with van der Waals surface area (Å²) in [6.07, 6.45) is 0.132. The highest BCUT2D eigenvalue weighted by atomic mass is 35.5. The molecule has 0 aliphatic carbocycles. The fourth-order valence-electron chi connectivity index (χ4n) is 3.17. The first-order valence-electron chi connectivity index (χ1n) is 9.14. The monoisotopic (exact) mass is 399 g/mol. The van der Waals surface area contributed by atoms with E-state index in [0.29, 0.717) is 35.1 Å². The van der Waals surface area contributed by atoms with Crippen molar-refractivity contribution in [3.05, 3.63) is 58.6 Å². The number of carbonyl (C=O) groups is 3. The zero-order valence-electron chi connectivity index (χ0n) is 15.8. The zero-order chi connectivity index (χ0) is 20.3. The second kappa shape index (κ2) is 8.44. The topological polar surface area (TPSA) is 78.5 Å². The fraction of sp³-hybridized carbons (Fsp3) is 0.286. The summed E-state index contributed by atoms with van der Waals surface area (Å²) in [5.41, 5.74) is 2.58. The van der Waals surface area contributed by atoms with Crippen LogP contribution in [0.2, 0.25) is 5.02 Å². The third-order valence-electron chi connectivity index (χ3n) is 4.71. The van der Waals surface area contributed by atoms with Gasteiger partial charge in [0.25, 0.3) is 5.91 Å². The Hall–Kier alpha value is -2.86. The highest BCUT2D eigenvalue weighted by Crippen LogP contribution is 2.28. The molecule has 0 aromatic heterocycles. The van der Waals surface area contributed by atoms with Crippen molar-refractivity contribution in [2.75, 3.05) is 23.3 Å². The number of nitrogens with one attached hydrogen (secondary N) is 2. The van der Waals surface area contributed by atoms with E-state index in [0.717, 1.165) is 5.56 Å². The minimum absolute atomic E-state index is 0.116. The van der Waals surface area contributed by atoms with Crippen molar-refractivity contribution >= 4 is 40.7 Å². The molecule has 2 aromatic rings. The van der Waals surface area contributed by atoms with Crippen LogP contribution in [-0.2, 0) is 9.59 Å². The van der Waals surface area contributed by atoms with E-state index >= 15 is 0 Å². The van der Waals surface area contributed by atoms with Gasteiger partial charge in [0.2, 0.25) is 11.8 Å². The maximum Gasteiger partial charge on any atom is 0.251 e. The Labute approximate surface area is 168 Å². The Bertz CT molecular complexity index is 929. The summed E-state index contributed by atoms with van der Waals surface area (Å²) in [6.45, 7) is 4.52. The molecule has 1 aliphatic rings. The van der Waals surface area contributed by atoms with E-state index in [2.05, 4.69) is 10.6 Å². The summed E-state index contributed by atoms with van der Waals surface area (Å²) >= 11 is 6.01. The molecule has 7 heteroatoms. The predicted octanol–water partition coefficient (Wildman–Crippen LogP) is 3.39. The average molecular weight is 400 g/mol. The molecule has 2 N–H and O–H groups in total. The zero-order valence-corrected chi connectivity index (χ0v) is 16.5. The molecule has 3 amide bonds. The van der Waals surface area contributed by atoms with Crippen LogP contribution in [0.3, 0.4) is 0 Å². The lowest BCUT2D eigenvalue weighted by molar-refractivity contribution is -0.122. The van der Waals surface area contributed by atoms with E-state index < -0.39 is 5.92 Å². The molecule has 1 atom stereocenters. The maximum atomic E-state index is 12.7. The molecule has 3 rings (SSSR count). The molecule has 1 saturated heterocycles. The average Bonchev–Trinajstić information content (AvgIpc) is 3.05. The van der Waals surface area contributed by atoms with Crippen LogP contribution in [0.5, 0.6) is 0 Å². The van der Waals surface area contributed by atoms with Gasteiger partial charge >= 0.3 is 0 Å². The second-order valence-corrected chi connectivity index (χ2v) is 7.20. The molecule has 146 valence electrons. The van der Waals surface area contributed by atoms with Crippen LogP contribution in [0.15, 0.2) is 42.5 Å². The number of nitrogens with zero attached hydrogens (tertiary/aromatic N) is 1. The van der Waals surface area contributed by atoms with Gasteiger partial charge in [0.05, 0.1) is 5.92 Å². The molecule has 0 spiro atoms. The van der Waals surface area contributed by atoms with Crippen LogP contribution < -0.4 is 15.5 Å². The molecule has 28 heavy (non-hydrogen) atoms. The molecule has 6 nitrogen and oxygen atoms in total. The van der Waals surface area contributed by atoms with Crippen LogP contribution >= 0.6 is 11.6 Å². The van der Waals surface area contributed by atoms with E-state index in [1.165, 1.54) is 0 Å². The predicted molar refractivity (Wildman–Crippen MR) is 110 cm³/mol. The van der Waals surface area contributed by atoms with E-state index in [9.17, 15) is 14.4 Å². The van der Waals surface area contributed by atoms with Gasteiger partial charge in [0.15, 0.2) is 0 Å². The van der Waals surface area contributed by atoms with Gasteiger partial charge in [-0.25, -0.2) is 0 Å². The van der Waals surface area contributed by atoms with Crippen LogP contribution in [0.1, 0.15) is 29.3 Å². The molecule has 1 unspecified atom stereocenters. The lowest BCUT2D eigenvalue weighted by Gasteiger charge is -2.17. The Kier molecular flexibility index (Phi) is 5.99. The lowest BCUT2D eigenvalue weighted by Crippen LogP contribution is -2.28. The molecule has 2 aromatic carbocycles. The van der Waals surface area contributed by atoms with Crippen molar-refractivity contribution in [1.29, 1.82) is 0 Å². The van der Waals surface area contributed by atoms with Crippen molar-refractivity contribution in [2.45, 2.75) is 20.3 Å². The third-order valence-corrected chi connectivity index (χ3v) is 4.95. The summed E-state index contributed by atoms with van der Waals surface area (Å²) in [4.78, 5) is 38.7. The molecule has 1 fully saturated rings. The number of benzene rings is 2. The summed E-state index contributed by atoms with van der Waals surface area (Å²) in [7, 11) is 0. The first-order chi connectivity index (χ1) is 13.4. The molecule has 0 saturated carbocycles. The number of rotatable bonds is 5.